The Kier molecular flexibility index (Phi) is 6.48. The number of rotatable bonds is 5. The van der Waals surface area contributed by atoms with Crippen molar-refractivity contribution in [2.45, 2.75) is 23.9 Å². The third kappa shape index (κ3) is 4.33. The van der Waals surface area contributed by atoms with E-state index >= 15 is 0 Å². The van der Waals surface area contributed by atoms with Crippen LogP contribution in [0.2, 0.25) is 0 Å². The standard InChI is InChI=1S/C17H24N6O2S.ClH/c24-26(25,23-8-5-16(12-23)21-9-6-18-7-10-21)17-4-2-1-3-15(17)11-22-14-19-13-20-22;/h1-4,13-14,16,18H,5-12H2;1H. The van der Waals surface area contributed by atoms with Crippen molar-refractivity contribution in [1.29, 1.82) is 0 Å². The molecule has 2 fully saturated rings. The first kappa shape index (κ1) is 20.2. The van der Waals surface area contributed by atoms with Crippen LogP contribution in [0.1, 0.15) is 12.0 Å². The number of halogens is 1. The molecule has 0 saturated carbocycles. The predicted molar refractivity (Wildman–Crippen MR) is 104 cm³/mol. The highest BCUT2D eigenvalue weighted by atomic mass is 35.5. The maximum Gasteiger partial charge on any atom is 0.243 e. The first-order valence-electron chi connectivity index (χ1n) is 9.00. The van der Waals surface area contributed by atoms with Crippen LogP contribution in [0, 0.1) is 0 Å². The average Bonchev–Trinajstić information content (AvgIpc) is 3.35. The Balaban J connectivity index is 0.00000210. The molecule has 2 aliphatic rings. The lowest BCUT2D eigenvalue weighted by Gasteiger charge is -2.32. The SMILES string of the molecule is Cl.O=S(=O)(c1ccccc1Cn1cncn1)N1CCC(N2CCNCC2)C1. The molecule has 0 bridgehead atoms. The molecule has 1 N–H and O–H groups in total. The fourth-order valence-electron chi connectivity index (χ4n) is 3.79. The van der Waals surface area contributed by atoms with Gasteiger partial charge in [-0.15, -0.1) is 12.4 Å². The summed E-state index contributed by atoms with van der Waals surface area (Å²) in [6.07, 6.45) is 3.94. The van der Waals surface area contributed by atoms with Gasteiger partial charge in [0.15, 0.2) is 0 Å². The Morgan fingerprint density at radius 2 is 1.93 bits per heavy atom. The van der Waals surface area contributed by atoms with Gasteiger partial charge in [-0.2, -0.15) is 9.40 Å². The molecular formula is C17H25ClN6O2S. The van der Waals surface area contributed by atoms with Gasteiger partial charge in [0, 0.05) is 45.3 Å². The van der Waals surface area contributed by atoms with Crippen LogP contribution in [0.5, 0.6) is 0 Å². The van der Waals surface area contributed by atoms with E-state index in [1.54, 1.807) is 27.4 Å². The molecule has 2 aliphatic heterocycles. The first-order chi connectivity index (χ1) is 12.6. The lowest BCUT2D eigenvalue weighted by atomic mass is 10.2. The number of nitrogens with zero attached hydrogens (tertiary/aromatic N) is 5. The highest BCUT2D eigenvalue weighted by Crippen LogP contribution is 2.26. The van der Waals surface area contributed by atoms with Crippen molar-refractivity contribution in [3.8, 4) is 0 Å². The second-order valence-corrected chi connectivity index (χ2v) is 8.70. The smallest absolute Gasteiger partial charge is 0.243 e. The molecule has 1 atom stereocenters. The molecule has 1 aromatic carbocycles. The minimum absolute atomic E-state index is 0. The summed E-state index contributed by atoms with van der Waals surface area (Å²) in [5.74, 6) is 0. The Bertz CT molecular complexity index is 839. The van der Waals surface area contributed by atoms with Crippen LogP contribution in [-0.2, 0) is 16.6 Å². The minimum Gasteiger partial charge on any atom is -0.314 e. The summed E-state index contributed by atoms with van der Waals surface area (Å²) in [5, 5.41) is 7.44. The van der Waals surface area contributed by atoms with Crippen molar-refractivity contribution in [1.82, 2.24) is 29.3 Å². The zero-order valence-electron chi connectivity index (χ0n) is 15.1. The normalized spacial score (nSPS) is 21.9. The summed E-state index contributed by atoms with van der Waals surface area (Å²) in [6, 6.07) is 7.49. The lowest BCUT2D eigenvalue weighted by molar-refractivity contribution is 0.179. The maximum atomic E-state index is 13.3. The van der Waals surface area contributed by atoms with E-state index in [1.807, 2.05) is 12.1 Å². The van der Waals surface area contributed by atoms with Gasteiger partial charge in [0.1, 0.15) is 12.7 Å². The van der Waals surface area contributed by atoms with Crippen LogP contribution in [-0.4, -0.2) is 77.7 Å². The molecule has 27 heavy (non-hydrogen) atoms. The summed E-state index contributed by atoms with van der Waals surface area (Å²) >= 11 is 0. The Morgan fingerprint density at radius 1 is 1.15 bits per heavy atom. The molecule has 2 aromatic rings. The molecule has 0 radical (unpaired) electrons. The van der Waals surface area contributed by atoms with Gasteiger partial charge in [-0.05, 0) is 18.1 Å². The topological polar surface area (TPSA) is 83.4 Å². The molecule has 0 aliphatic carbocycles. The number of hydrogen-bond donors (Lipinski definition) is 1. The number of benzene rings is 1. The van der Waals surface area contributed by atoms with E-state index in [4.69, 9.17) is 0 Å². The van der Waals surface area contributed by atoms with Crippen LogP contribution < -0.4 is 5.32 Å². The van der Waals surface area contributed by atoms with Crippen molar-refractivity contribution in [2.75, 3.05) is 39.3 Å². The molecule has 2 saturated heterocycles. The molecule has 8 nitrogen and oxygen atoms in total. The van der Waals surface area contributed by atoms with Crippen LogP contribution in [0.4, 0.5) is 0 Å². The summed E-state index contributed by atoms with van der Waals surface area (Å²) in [6.45, 7) is 5.47. The number of nitrogens with one attached hydrogen (secondary N) is 1. The number of sulfonamides is 1. The first-order valence-corrected chi connectivity index (χ1v) is 10.4. The van der Waals surface area contributed by atoms with Gasteiger partial charge in [-0.1, -0.05) is 18.2 Å². The quantitative estimate of drug-likeness (QED) is 0.766. The van der Waals surface area contributed by atoms with Gasteiger partial charge in [-0.25, -0.2) is 18.1 Å². The van der Waals surface area contributed by atoms with Crippen LogP contribution >= 0.6 is 12.4 Å². The average molecular weight is 413 g/mol. The summed E-state index contributed by atoms with van der Waals surface area (Å²) in [4.78, 5) is 6.71. The zero-order chi connectivity index (χ0) is 18.0. The van der Waals surface area contributed by atoms with Crippen molar-refractivity contribution < 1.29 is 8.42 Å². The Morgan fingerprint density at radius 3 is 2.67 bits per heavy atom. The van der Waals surface area contributed by atoms with Crippen molar-refractivity contribution in [2.24, 2.45) is 0 Å². The molecule has 10 heteroatoms. The third-order valence-corrected chi connectivity index (χ3v) is 7.15. The molecule has 1 aromatic heterocycles. The van der Waals surface area contributed by atoms with Crippen molar-refractivity contribution in [3.05, 3.63) is 42.5 Å². The van der Waals surface area contributed by atoms with E-state index in [0.717, 1.165) is 38.2 Å². The fraction of sp³-hybridized carbons (Fsp3) is 0.529. The summed E-state index contributed by atoms with van der Waals surface area (Å²) in [5.41, 5.74) is 0.739. The number of aromatic nitrogens is 3. The Hall–Kier alpha value is -1.52. The zero-order valence-corrected chi connectivity index (χ0v) is 16.7. The molecule has 0 spiro atoms. The lowest BCUT2D eigenvalue weighted by Crippen LogP contribution is -2.49. The van der Waals surface area contributed by atoms with E-state index in [0.29, 0.717) is 30.6 Å². The maximum absolute atomic E-state index is 13.3. The second kappa shape index (κ2) is 8.66. The van der Waals surface area contributed by atoms with Gasteiger partial charge in [0.2, 0.25) is 10.0 Å². The number of hydrogen-bond acceptors (Lipinski definition) is 6. The summed E-state index contributed by atoms with van der Waals surface area (Å²) in [7, 11) is -3.51. The number of piperazine rings is 1. The highest BCUT2D eigenvalue weighted by molar-refractivity contribution is 7.89. The minimum atomic E-state index is -3.51. The highest BCUT2D eigenvalue weighted by Gasteiger charge is 2.36. The van der Waals surface area contributed by atoms with E-state index < -0.39 is 10.0 Å². The van der Waals surface area contributed by atoms with Gasteiger partial charge < -0.3 is 5.32 Å². The molecular weight excluding hydrogens is 388 g/mol. The van der Waals surface area contributed by atoms with E-state index in [-0.39, 0.29) is 12.4 Å². The van der Waals surface area contributed by atoms with E-state index in [1.165, 1.54) is 6.33 Å². The van der Waals surface area contributed by atoms with Crippen molar-refractivity contribution in [3.63, 3.8) is 0 Å². The van der Waals surface area contributed by atoms with Crippen LogP contribution in [0.25, 0.3) is 0 Å². The fourth-order valence-corrected chi connectivity index (χ4v) is 5.50. The Labute approximate surface area is 166 Å². The van der Waals surface area contributed by atoms with Gasteiger partial charge in [0.25, 0.3) is 0 Å². The molecule has 1 unspecified atom stereocenters. The van der Waals surface area contributed by atoms with Crippen LogP contribution in [0.3, 0.4) is 0 Å². The molecule has 148 valence electrons. The monoisotopic (exact) mass is 412 g/mol. The molecule has 0 amide bonds. The summed E-state index contributed by atoms with van der Waals surface area (Å²) < 4.78 is 29.8. The third-order valence-electron chi connectivity index (χ3n) is 5.18. The molecule has 4 rings (SSSR count). The van der Waals surface area contributed by atoms with Gasteiger partial charge in [-0.3, -0.25) is 4.90 Å². The molecule has 3 heterocycles. The van der Waals surface area contributed by atoms with E-state index in [9.17, 15) is 8.42 Å². The van der Waals surface area contributed by atoms with Gasteiger partial charge >= 0.3 is 0 Å². The van der Waals surface area contributed by atoms with Crippen LogP contribution in [0.15, 0.2) is 41.8 Å². The predicted octanol–water partition coefficient (Wildman–Crippen LogP) is 0.416. The second-order valence-electron chi connectivity index (χ2n) is 6.79. The van der Waals surface area contributed by atoms with E-state index in [2.05, 4.69) is 20.3 Å². The van der Waals surface area contributed by atoms with Gasteiger partial charge in [0.05, 0.1) is 11.4 Å². The van der Waals surface area contributed by atoms with Crippen molar-refractivity contribution >= 4 is 22.4 Å². The largest absolute Gasteiger partial charge is 0.314 e.